The molecular weight excluding hydrogens is 256 g/mol. The number of nitrogens with zero attached hydrogens (tertiary/aromatic N) is 1. The standard InChI is InChI=1S/C15H14N2O3/c1-10(11-6-2-4-8-13(11)18)16-17-15(20)12-7-3-5-9-14(12)19/h2-9,18-19H,1H3,(H,17,20)/b16-10+. The molecule has 0 heterocycles. The molecule has 5 heteroatoms. The molecule has 20 heavy (non-hydrogen) atoms. The molecule has 0 aliphatic heterocycles. The summed E-state index contributed by atoms with van der Waals surface area (Å²) in [5, 5.41) is 23.2. The van der Waals surface area contributed by atoms with Gasteiger partial charge in [0.1, 0.15) is 11.5 Å². The van der Waals surface area contributed by atoms with Crippen LogP contribution in [0.25, 0.3) is 0 Å². The molecule has 0 spiro atoms. The molecule has 0 saturated carbocycles. The van der Waals surface area contributed by atoms with Crippen molar-refractivity contribution in [1.29, 1.82) is 0 Å². The Balaban J connectivity index is 2.16. The summed E-state index contributed by atoms with van der Waals surface area (Å²) in [6.45, 7) is 1.67. The largest absolute Gasteiger partial charge is 0.507 e. The summed E-state index contributed by atoms with van der Waals surface area (Å²) in [4.78, 5) is 11.8. The zero-order valence-electron chi connectivity index (χ0n) is 10.9. The normalized spacial score (nSPS) is 11.2. The van der Waals surface area contributed by atoms with E-state index in [1.165, 1.54) is 12.1 Å². The molecule has 0 unspecified atom stereocenters. The first-order valence-corrected chi connectivity index (χ1v) is 6.00. The van der Waals surface area contributed by atoms with E-state index in [0.717, 1.165) is 0 Å². The van der Waals surface area contributed by atoms with Crippen LogP contribution in [0.3, 0.4) is 0 Å². The number of aromatic hydroxyl groups is 2. The van der Waals surface area contributed by atoms with Crippen LogP contribution in [0.15, 0.2) is 53.6 Å². The van der Waals surface area contributed by atoms with E-state index in [1.807, 2.05) is 0 Å². The van der Waals surface area contributed by atoms with Crippen LogP contribution < -0.4 is 5.43 Å². The van der Waals surface area contributed by atoms with Crippen molar-refractivity contribution in [2.45, 2.75) is 6.92 Å². The lowest BCUT2D eigenvalue weighted by Crippen LogP contribution is -2.19. The molecule has 0 atom stereocenters. The van der Waals surface area contributed by atoms with Gasteiger partial charge in [0.05, 0.1) is 11.3 Å². The van der Waals surface area contributed by atoms with Gasteiger partial charge in [-0.25, -0.2) is 5.43 Å². The minimum Gasteiger partial charge on any atom is -0.507 e. The van der Waals surface area contributed by atoms with Gasteiger partial charge in [0.2, 0.25) is 0 Å². The van der Waals surface area contributed by atoms with Crippen molar-refractivity contribution in [3.05, 3.63) is 59.7 Å². The Bertz CT molecular complexity index is 666. The van der Waals surface area contributed by atoms with Gasteiger partial charge in [0, 0.05) is 5.56 Å². The number of amides is 1. The first-order valence-electron chi connectivity index (χ1n) is 6.00. The first kappa shape index (κ1) is 13.6. The van der Waals surface area contributed by atoms with Crippen molar-refractivity contribution < 1.29 is 15.0 Å². The maximum Gasteiger partial charge on any atom is 0.275 e. The van der Waals surface area contributed by atoms with E-state index >= 15 is 0 Å². The number of para-hydroxylation sites is 2. The number of phenolic OH excluding ortho intramolecular Hbond substituents is 2. The summed E-state index contributed by atoms with van der Waals surface area (Å²) >= 11 is 0. The van der Waals surface area contributed by atoms with E-state index in [0.29, 0.717) is 11.3 Å². The molecule has 0 radical (unpaired) electrons. The Kier molecular flexibility index (Phi) is 4.00. The van der Waals surface area contributed by atoms with Crippen LogP contribution in [0.5, 0.6) is 11.5 Å². The highest BCUT2D eigenvalue weighted by Gasteiger charge is 2.10. The monoisotopic (exact) mass is 270 g/mol. The quantitative estimate of drug-likeness (QED) is 0.591. The number of rotatable bonds is 3. The molecule has 0 saturated heterocycles. The molecule has 0 aliphatic carbocycles. The van der Waals surface area contributed by atoms with Gasteiger partial charge in [-0.2, -0.15) is 5.10 Å². The van der Waals surface area contributed by atoms with Crippen LogP contribution in [0.1, 0.15) is 22.8 Å². The lowest BCUT2D eigenvalue weighted by atomic mass is 10.1. The zero-order chi connectivity index (χ0) is 14.5. The molecule has 2 aromatic rings. The van der Waals surface area contributed by atoms with Crippen LogP contribution in [0.2, 0.25) is 0 Å². The van der Waals surface area contributed by atoms with Gasteiger partial charge in [0.15, 0.2) is 0 Å². The van der Waals surface area contributed by atoms with Gasteiger partial charge in [-0.3, -0.25) is 4.79 Å². The molecule has 0 aliphatic rings. The molecule has 2 aromatic carbocycles. The third-order valence-corrected chi connectivity index (χ3v) is 2.77. The fourth-order valence-corrected chi connectivity index (χ4v) is 1.70. The molecule has 3 N–H and O–H groups in total. The fraction of sp³-hybridized carbons (Fsp3) is 0.0667. The second-order valence-electron chi connectivity index (χ2n) is 4.17. The van der Waals surface area contributed by atoms with Crippen LogP contribution in [-0.4, -0.2) is 21.8 Å². The maximum atomic E-state index is 11.8. The van der Waals surface area contributed by atoms with Gasteiger partial charge in [-0.15, -0.1) is 0 Å². The lowest BCUT2D eigenvalue weighted by molar-refractivity contribution is 0.0952. The summed E-state index contributed by atoms with van der Waals surface area (Å²) in [5.41, 5.74) is 3.48. The molecular formula is C15H14N2O3. The highest BCUT2D eigenvalue weighted by atomic mass is 16.3. The third kappa shape index (κ3) is 2.95. The highest BCUT2D eigenvalue weighted by molar-refractivity contribution is 6.03. The van der Waals surface area contributed by atoms with E-state index < -0.39 is 5.91 Å². The van der Waals surface area contributed by atoms with E-state index in [4.69, 9.17) is 0 Å². The molecule has 5 nitrogen and oxygen atoms in total. The highest BCUT2D eigenvalue weighted by Crippen LogP contribution is 2.17. The lowest BCUT2D eigenvalue weighted by Gasteiger charge is -2.05. The maximum absolute atomic E-state index is 11.8. The van der Waals surface area contributed by atoms with Crippen molar-refractivity contribution in [3.8, 4) is 11.5 Å². The summed E-state index contributed by atoms with van der Waals surface area (Å²) in [6.07, 6.45) is 0. The van der Waals surface area contributed by atoms with E-state index in [9.17, 15) is 15.0 Å². The second kappa shape index (κ2) is 5.88. The van der Waals surface area contributed by atoms with E-state index in [1.54, 1.807) is 43.3 Å². The number of hydrogen-bond donors (Lipinski definition) is 3. The van der Waals surface area contributed by atoms with Crippen molar-refractivity contribution >= 4 is 11.6 Å². The summed E-state index contributed by atoms with van der Waals surface area (Å²) in [6, 6.07) is 12.9. The summed E-state index contributed by atoms with van der Waals surface area (Å²) in [7, 11) is 0. The Hall–Kier alpha value is -2.82. The minimum atomic E-state index is -0.516. The van der Waals surface area contributed by atoms with Crippen LogP contribution in [-0.2, 0) is 0 Å². The Morgan fingerprint density at radius 3 is 2.00 bits per heavy atom. The van der Waals surface area contributed by atoms with E-state index in [2.05, 4.69) is 10.5 Å². The van der Waals surface area contributed by atoms with Crippen LogP contribution in [0, 0.1) is 0 Å². The number of hydrogen-bond acceptors (Lipinski definition) is 4. The van der Waals surface area contributed by atoms with Crippen LogP contribution >= 0.6 is 0 Å². The fourth-order valence-electron chi connectivity index (χ4n) is 1.70. The average Bonchev–Trinajstić information content (AvgIpc) is 2.45. The number of carbonyl (C=O) groups excluding carboxylic acids is 1. The Labute approximate surface area is 116 Å². The number of nitrogens with one attached hydrogen (secondary N) is 1. The predicted octanol–water partition coefficient (Wildman–Crippen LogP) is 2.25. The molecule has 0 aromatic heterocycles. The van der Waals surface area contributed by atoms with Crippen LogP contribution in [0.4, 0.5) is 0 Å². The third-order valence-electron chi connectivity index (χ3n) is 2.77. The summed E-state index contributed by atoms with van der Waals surface area (Å²) in [5.74, 6) is -0.538. The number of phenols is 2. The SMILES string of the molecule is C/C(=N\NC(=O)c1ccccc1O)c1ccccc1O. The van der Waals surface area contributed by atoms with Crippen molar-refractivity contribution in [2.24, 2.45) is 5.10 Å². The van der Waals surface area contributed by atoms with Crippen molar-refractivity contribution in [1.82, 2.24) is 5.43 Å². The van der Waals surface area contributed by atoms with Gasteiger partial charge in [-0.05, 0) is 31.2 Å². The number of benzene rings is 2. The number of hydrazone groups is 1. The van der Waals surface area contributed by atoms with Gasteiger partial charge >= 0.3 is 0 Å². The molecule has 2 rings (SSSR count). The summed E-state index contributed by atoms with van der Waals surface area (Å²) < 4.78 is 0. The van der Waals surface area contributed by atoms with Crippen molar-refractivity contribution in [3.63, 3.8) is 0 Å². The smallest absolute Gasteiger partial charge is 0.275 e. The Morgan fingerprint density at radius 2 is 1.45 bits per heavy atom. The first-order chi connectivity index (χ1) is 9.59. The molecule has 102 valence electrons. The Morgan fingerprint density at radius 1 is 0.950 bits per heavy atom. The van der Waals surface area contributed by atoms with E-state index in [-0.39, 0.29) is 17.1 Å². The predicted molar refractivity (Wildman–Crippen MR) is 75.9 cm³/mol. The molecule has 0 bridgehead atoms. The van der Waals surface area contributed by atoms with Gasteiger partial charge in [0.25, 0.3) is 5.91 Å². The number of carbonyl (C=O) groups is 1. The molecule has 1 amide bonds. The molecule has 0 fully saturated rings. The second-order valence-corrected chi connectivity index (χ2v) is 4.17. The average molecular weight is 270 g/mol. The van der Waals surface area contributed by atoms with Crippen molar-refractivity contribution in [2.75, 3.05) is 0 Å². The van der Waals surface area contributed by atoms with Gasteiger partial charge in [-0.1, -0.05) is 24.3 Å². The van der Waals surface area contributed by atoms with Gasteiger partial charge < -0.3 is 10.2 Å². The zero-order valence-corrected chi connectivity index (χ0v) is 10.9. The topological polar surface area (TPSA) is 81.9 Å². The minimum absolute atomic E-state index is 0.0885.